The van der Waals surface area contributed by atoms with Gasteiger partial charge in [0.1, 0.15) is 22.5 Å². The second-order valence-corrected chi connectivity index (χ2v) is 13.4. The summed E-state index contributed by atoms with van der Waals surface area (Å²) in [5, 5.41) is 15.5. The monoisotopic (exact) mass is 613 g/mol. The number of aromatic nitrogens is 3. The van der Waals surface area contributed by atoms with E-state index >= 15 is 0 Å². The van der Waals surface area contributed by atoms with Crippen molar-refractivity contribution in [2.45, 2.75) is 39.5 Å². The average molecular weight is 614 g/mol. The second kappa shape index (κ2) is 11.2. The highest BCUT2D eigenvalue weighted by molar-refractivity contribution is 7.16. The van der Waals surface area contributed by atoms with Crippen LogP contribution in [0.15, 0.2) is 36.4 Å². The van der Waals surface area contributed by atoms with Crippen molar-refractivity contribution in [3.05, 3.63) is 58.5 Å². The normalized spacial score (nSPS) is 18.2. The van der Waals surface area contributed by atoms with E-state index in [-0.39, 0.29) is 17.2 Å². The quantitative estimate of drug-likeness (QED) is 0.281. The molecule has 0 radical (unpaired) electrons. The Morgan fingerprint density at radius 2 is 1.95 bits per heavy atom. The van der Waals surface area contributed by atoms with Crippen LogP contribution in [0.4, 0.5) is 20.9 Å². The van der Waals surface area contributed by atoms with Gasteiger partial charge in [-0.05, 0) is 69.0 Å². The third kappa shape index (κ3) is 4.90. The molecule has 1 spiro atoms. The minimum Gasteiger partial charge on any atom is -0.381 e. The molecule has 1 aromatic carbocycles. The molecule has 3 aromatic heterocycles. The Morgan fingerprint density at radius 1 is 1.20 bits per heavy atom. The highest BCUT2D eigenvalue weighted by Gasteiger charge is 2.50. The number of amides is 1. The van der Waals surface area contributed by atoms with Crippen LogP contribution in [0.25, 0.3) is 16.8 Å². The number of benzene rings is 1. The molecule has 228 valence electrons. The van der Waals surface area contributed by atoms with Gasteiger partial charge in [0.05, 0.1) is 16.9 Å². The van der Waals surface area contributed by atoms with Gasteiger partial charge < -0.3 is 19.4 Å². The van der Waals surface area contributed by atoms with E-state index < -0.39 is 0 Å². The number of halogens is 1. The first-order valence-corrected chi connectivity index (χ1v) is 16.1. The number of fused-ring (bicyclic) bond motifs is 1. The van der Waals surface area contributed by atoms with Gasteiger partial charge in [0.15, 0.2) is 5.13 Å². The van der Waals surface area contributed by atoms with E-state index in [4.69, 9.17) is 14.8 Å². The number of pyridine rings is 1. The molecule has 6 heterocycles. The van der Waals surface area contributed by atoms with Crippen LogP contribution in [0.5, 0.6) is 0 Å². The van der Waals surface area contributed by atoms with Crippen molar-refractivity contribution < 1.29 is 13.9 Å². The molecule has 3 fully saturated rings. The number of anilines is 3. The zero-order valence-electron chi connectivity index (χ0n) is 25.3. The van der Waals surface area contributed by atoms with Crippen molar-refractivity contribution in [2.75, 3.05) is 56.2 Å². The van der Waals surface area contributed by atoms with Crippen LogP contribution in [0, 0.1) is 35.4 Å². The van der Waals surface area contributed by atoms with Gasteiger partial charge in [0.25, 0.3) is 0 Å². The van der Waals surface area contributed by atoms with Crippen molar-refractivity contribution in [3.8, 4) is 17.3 Å². The summed E-state index contributed by atoms with van der Waals surface area (Å²) < 4.78 is 21.0. The number of nitrogens with zero attached hydrogens (tertiary/aromatic N) is 7. The van der Waals surface area contributed by atoms with Crippen LogP contribution in [-0.4, -0.2) is 71.8 Å². The Labute approximate surface area is 260 Å². The molecule has 3 aliphatic heterocycles. The third-order valence-corrected chi connectivity index (χ3v) is 10.5. The SMILES string of the molecule is CCc1nn2c(C)cc(N3CCC4(CN(C(=O)C5CCOCC5)C4)C3)cc2c1N(C)c1nc(-c2ccc(F)cc2)c(C#N)s1. The fourth-order valence-electron chi connectivity index (χ4n) is 7.07. The lowest BCUT2D eigenvalue weighted by atomic mass is 9.78. The highest BCUT2D eigenvalue weighted by atomic mass is 32.1. The van der Waals surface area contributed by atoms with Gasteiger partial charge in [0, 0.05) is 74.7 Å². The summed E-state index contributed by atoms with van der Waals surface area (Å²) in [5.41, 5.74) is 6.51. The predicted octanol–water partition coefficient (Wildman–Crippen LogP) is 5.57. The molecule has 4 aromatic rings. The zero-order chi connectivity index (χ0) is 30.6. The van der Waals surface area contributed by atoms with Crippen molar-refractivity contribution in [1.82, 2.24) is 19.5 Å². The number of ether oxygens (including phenoxy) is 1. The van der Waals surface area contributed by atoms with Crippen molar-refractivity contribution in [3.63, 3.8) is 0 Å². The summed E-state index contributed by atoms with van der Waals surface area (Å²) in [6.45, 7) is 9.11. The average Bonchev–Trinajstić information content (AvgIpc) is 3.76. The molecule has 1 amide bonds. The first kappa shape index (κ1) is 28.7. The standard InChI is InChI=1S/C33H36FN7O2S/c1-4-26-30(38(3)32-36-29(28(17-35)44-32)22-5-7-24(34)8-6-22)27-16-25(15-21(2)41(27)37-26)39-12-11-33(18-39)19-40(20-33)31(42)23-9-13-43-14-10-23/h5-8,15-16,23H,4,9-14,18-20H2,1-3H3. The number of hydrogen-bond acceptors (Lipinski definition) is 8. The van der Waals surface area contributed by atoms with Crippen molar-refractivity contribution in [1.29, 1.82) is 5.26 Å². The number of thiazole rings is 1. The van der Waals surface area contributed by atoms with Gasteiger partial charge in [-0.15, -0.1) is 0 Å². The number of hydrogen-bond donors (Lipinski definition) is 0. The lowest BCUT2D eigenvalue weighted by Crippen LogP contribution is -2.61. The fourth-order valence-corrected chi connectivity index (χ4v) is 7.93. The topological polar surface area (TPSA) is 90.0 Å². The van der Waals surface area contributed by atoms with Crippen LogP contribution >= 0.6 is 11.3 Å². The zero-order valence-corrected chi connectivity index (χ0v) is 26.2. The van der Waals surface area contributed by atoms with Crippen LogP contribution in [0.2, 0.25) is 0 Å². The minimum absolute atomic E-state index is 0.113. The molecule has 3 aliphatic rings. The minimum atomic E-state index is -0.327. The third-order valence-electron chi connectivity index (χ3n) is 9.47. The summed E-state index contributed by atoms with van der Waals surface area (Å²) >= 11 is 1.32. The van der Waals surface area contributed by atoms with E-state index in [1.54, 1.807) is 12.1 Å². The molecule has 0 saturated carbocycles. The number of aryl methyl sites for hydroxylation is 2. The molecule has 7 rings (SSSR count). The summed E-state index contributed by atoms with van der Waals surface area (Å²) in [6.07, 6.45) is 3.48. The fraction of sp³-hybridized carbons (Fsp3) is 0.455. The summed E-state index contributed by atoms with van der Waals surface area (Å²) in [4.78, 5) is 24.9. The Hall–Kier alpha value is -4.01. The molecular weight excluding hydrogens is 577 g/mol. The van der Waals surface area contributed by atoms with E-state index in [1.807, 2.05) is 16.5 Å². The Balaban J connectivity index is 1.16. The molecule has 0 aliphatic carbocycles. The first-order valence-electron chi connectivity index (χ1n) is 15.3. The lowest BCUT2D eigenvalue weighted by molar-refractivity contribution is -0.149. The van der Waals surface area contributed by atoms with Crippen LogP contribution in [0.3, 0.4) is 0 Å². The maximum absolute atomic E-state index is 13.6. The molecule has 9 nitrogen and oxygen atoms in total. The van der Waals surface area contributed by atoms with Gasteiger partial charge >= 0.3 is 0 Å². The number of carbonyl (C=O) groups excluding carboxylic acids is 1. The Kier molecular flexibility index (Phi) is 7.29. The van der Waals surface area contributed by atoms with Gasteiger partial charge in [-0.25, -0.2) is 13.9 Å². The summed E-state index contributed by atoms with van der Waals surface area (Å²) in [6, 6.07) is 12.8. The van der Waals surface area contributed by atoms with E-state index in [1.165, 1.54) is 23.5 Å². The number of likely N-dealkylation sites (tertiary alicyclic amines) is 1. The maximum atomic E-state index is 13.6. The van der Waals surface area contributed by atoms with Crippen molar-refractivity contribution >= 4 is 39.3 Å². The highest BCUT2D eigenvalue weighted by Crippen LogP contribution is 2.44. The maximum Gasteiger partial charge on any atom is 0.225 e. The van der Waals surface area contributed by atoms with Crippen LogP contribution in [-0.2, 0) is 16.0 Å². The lowest BCUT2D eigenvalue weighted by Gasteiger charge is -2.49. The first-order chi connectivity index (χ1) is 21.3. The molecule has 0 bridgehead atoms. The Bertz CT molecular complexity index is 1760. The summed E-state index contributed by atoms with van der Waals surface area (Å²) in [5.74, 6) is 0.0903. The molecule has 0 atom stereocenters. The van der Waals surface area contributed by atoms with Crippen LogP contribution in [0.1, 0.15) is 42.5 Å². The number of rotatable bonds is 6. The number of carbonyl (C=O) groups is 1. The van der Waals surface area contributed by atoms with E-state index in [9.17, 15) is 14.4 Å². The largest absolute Gasteiger partial charge is 0.381 e. The van der Waals surface area contributed by atoms with Gasteiger partial charge in [-0.2, -0.15) is 10.4 Å². The van der Waals surface area contributed by atoms with Gasteiger partial charge in [0.2, 0.25) is 5.91 Å². The van der Waals surface area contributed by atoms with Crippen molar-refractivity contribution in [2.24, 2.45) is 11.3 Å². The molecular formula is C33H36FN7O2S. The molecule has 0 N–H and O–H groups in total. The second-order valence-electron chi connectivity index (χ2n) is 12.4. The summed E-state index contributed by atoms with van der Waals surface area (Å²) in [7, 11) is 1.97. The van der Waals surface area contributed by atoms with E-state index in [0.717, 1.165) is 80.1 Å². The molecule has 0 unspecified atom stereocenters. The van der Waals surface area contributed by atoms with E-state index in [0.29, 0.717) is 40.4 Å². The molecule has 11 heteroatoms. The Morgan fingerprint density at radius 3 is 2.66 bits per heavy atom. The molecule has 3 saturated heterocycles. The van der Waals surface area contributed by atoms with Gasteiger partial charge in [-0.1, -0.05) is 18.3 Å². The van der Waals surface area contributed by atoms with Gasteiger partial charge in [-0.3, -0.25) is 4.79 Å². The number of nitriles is 1. The van der Waals surface area contributed by atoms with E-state index in [2.05, 4.69) is 41.8 Å². The smallest absolute Gasteiger partial charge is 0.225 e. The van der Waals surface area contributed by atoms with Crippen LogP contribution < -0.4 is 9.80 Å². The predicted molar refractivity (Wildman–Crippen MR) is 169 cm³/mol. The molecule has 44 heavy (non-hydrogen) atoms.